The van der Waals surface area contributed by atoms with E-state index in [1.165, 1.54) is 0 Å². The maximum Gasteiger partial charge on any atom is 0.314 e. The molecule has 1 fully saturated rings. The fourth-order valence-electron chi connectivity index (χ4n) is 2.07. The number of hydrogen-bond acceptors (Lipinski definition) is 2. The van der Waals surface area contributed by atoms with Gasteiger partial charge in [-0.25, -0.2) is 4.79 Å². The smallest absolute Gasteiger partial charge is 0.314 e. The summed E-state index contributed by atoms with van der Waals surface area (Å²) in [4.78, 5) is 12.7. The molecule has 0 aliphatic carbocycles. The van der Waals surface area contributed by atoms with Crippen molar-refractivity contribution >= 4 is 39.2 Å². The van der Waals surface area contributed by atoms with Crippen LogP contribution in [-0.4, -0.2) is 30.1 Å². The molecule has 2 amide bonds. The number of urea groups is 1. The van der Waals surface area contributed by atoms with Crippen molar-refractivity contribution in [3.05, 3.63) is 27.7 Å². The summed E-state index contributed by atoms with van der Waals surface area (Å²) in [7, 11) is 0. The maximum atomic E-state index is 11.0. The summed E-state index contributed by atoms with van der Waals surface area (Å²) in [5.74, 6) is 0. The van der Waals surface area contributed by atoms with Crippen molar-refractivity contribution in [2.24, 2.45) is 5.73 Å². The second-order valence-electron chi connectivity index (χ2n) is 4.37. The molecule has 98 valence electrons. The predicted octanol–water partition coefficient (Wildman–Crippen LogP) is 3.06. The molecule has 0 radical (unpaired) electrons. The van der Waals surface area contributed by atoms with Gasteiger partial charge < -0.3 is 16.0 Å². The highest BCUT2D eigenvalue weighted by atomic mass is 79.9. The molecule has 0 saturated carbocycles. The number of carbonyl (C=O) groups is 1. The molecule has 1 aliphatic heterocycles. The van der Waals surface area contributed by atoms with Crippen LogP contribution in [0.4, 0.5) is 10.5 Å². The Morgan fingerprint density at radius 3 is 2.67 bits per heavy atom. The van der Waals surface area contributed by atoms with Crippen molar-refractivity contribution in [1.29, 1.82) is 0 Å². The van der Waals surface area contributed by atoms with E-state index in [1.807, 2.05) is 18.2 Å². The van der Waals surface area contributed by atoms with Gasteiger partial charge in [0.2, 0.25) is 0 Å². The Bertz CT molecular complexity index is 447. The normalized spacial score (nSPS) is 16.7. The molecule has 0 bridgehead atoms. The minimum atomic E-state index is -0.331. The Morgan fingerprint density at radius 1 is 1.44 bits per heavy atom. The monoisotopic (exact) mass is 331 g/mol. The zero-order valence-electron chi connectivity index (χ0n) is 9.83. The molecule has 4 nitrogen and oxygen atoms in total. The van der Waals surface area contributed by atoms with Crippen LogP contribution >= 0.6 is 27.5 Å². The van der Waals surface area contributed by atoms with Gasteiger partial charge in [-0.1, -0.05) is 11.6 Å². The second kappa shape index (κ2) is 5.80. The second-order valence-corrected chi connectivity index (χ2v) is 5.63. The van der Waals surface area contributed by atoms with E-state index in [-0.39, 0.29) is 6.03 Å². The minimum Gasteiger partial charge on any atom is -0.382 e. The van der Waals surface area contributed by atoms with Gasteiger partial charge in [0, 0.05) is 29.3 Å². The average molecular weight is 333 g/mol. The van der Waals surface area contributed by atoms with Crippen molar-refractivity contribution < 1.29 is 4.79 Å². The van der Waals surface area contributed by atoms with E-state index in [0.29, 0.717) is 24.2 Å². The zero-order chi connectivity index (χ0) is 13.1. The first-order valence-corrected chi connectivity index (χ1v) is 6.99. The number of carbonyl (C=O) groups excluding carboxylic acids is 1. The lowest BCUT2D eigenvalue weighted by Crippen LogP contribution is -2.44. The largest absolute Gasteiger partial charge is 0.382 e. The highest BCUT2D eigenvalue weighted by Crippen LogP contribution is 2.26. The van der Waals surface area contributed by atoms with Gasteiger partial charge in [0.05, 0.1) is 5.02 Å². The molecule has 18 heavy (non-hydrogen) atoms. The average Bonchev–Trinajstić information content (AvgIpc) is 2.34. The number of likely N-dealkylation sites (tertiary alicyclic amines) is 1. The summed E-state index contributed by atoms with van der Waals surface area (Å²) >= 11 is 9.34. The van der Waals surface area contributed by atoms with Crippen molar-refractivity contribution in [2.75, 3.05) is 18.4 Å². The number of nitrogens with zero attached hydrogens (tertiary/aromatic N) is 1. The summed E-state index contributed by atoms with van der Waals surface area (Å²) in [5, 5.41) is 4.14. The Kier molecular flexibility index (Phi) is 4.35. The molecule has 2 rings (SSSR count). The van der Waals surface area contributed by atoms with Gasteiger partial charge in [-0.15, -0.1) is 0 Å². The SMILES string of the molecule is NC(=O)N1CCC(Nc2ccc(Cl)c(Br)c2)CC1. The van der Waals surface area contributed by atoms with Gasteiger partial charge in [0.25, 0.3) is 0 Å². The number of piperidine rings is 1. The van der Waals surface area contributed by atoms with E-state index in [2.05, 4.69) is 21.2 Å². The van der Waals surface area contributed by atoms with E-state index in [9.17, 15) is 4.79 Å². The van der Waals surface area contributed by atoms with Gasteiger partial charge in [0.1, 0.15) is 0 Å². The van der Waals surface area contributed by atoms with Gasteiger partial charge in [0.15, 0.2) is 0 Å². The van der Waals surface area contributed by atoms with Crippen LogP contribution in [0.3, 0.4) is 0 Å². The molecule has 3 N–H and O–H groups in total. The Hall–Kier alpha value is -0.940. The van der Waals surface area contributed by atoms with E-state index < -0.39 is 0 Å². The van der Waals surface area contributed by atoms with Crippen molar-refractivity contribution in [3.63, 3.8) is 0 Å². The molecule has 1 aromatic rings. The van der Waals surface area contributed by atoms with Crippen LogP contribution < -0.4 is 11.1 Å². The molecular formula is C12H15BrClN3O. The highest BCUT2D eigenvalue weighted by molar-refractivity contribution is 9.10. The molecule has 1 aromatic carbocycles. The van der Waals surface area contributed by atoms with E-state index in [4.69, 9.17) is 17.3 Å². The number of amides is 2. The van der Waals surface area contributed by atoms with Crippen molar-refractivity contribution in [3.8, 4) is 0 Å². The first-order chi connectivity index (χ1) is 8.56. The molecule has 6 heteroatoms. The Balaban J connectivity index is 1.91. The molecule has 0 spiro atoms. The van der Waals surface area contributed by atoms with Gasteiger partial charge in [-0.3, -0.25) is 0 Å². The van der Waals surface area contributed by atoms with Crippen molar-refractivity contribution in [1.82, 2.24) is 4.90 Å². The number of hydrogen-bond donors (Lipinski definition) is 2. The summed E-state index contributed by atoms with van der Waals surface area (Å²) in [6.45, 7) is 1.42. The number of nitrogens with two attached hydrogens (primary N) is 1. The summed E-state index contributed by atoms with van der Waals surface area (Å²) < 4.78 is 0.878. The number of anilines is 1. The molecule has 0 unspecified atom stereocenters. The first kappa shape index (κ1) is 13.5. The van der Waals surface area contributed by atoms with Crippen molar-refractivity contribution in [2.45, 2.75) is 18.9 Å². The standard InChI is InChI=1S/C12H15BrClN3O/c13-10-7-9(1-2-11(10)14)16-8-3-5-17(6-4-8)12(15)18/h1-2,7-8,16H,3-6H2,(H2,15,18). The van der Waals surface area contributed by atoms with E-state index in [0.717, 1.165) is 23.0 Å². The van der Waals surface area contributed by atoms with Crippen LogP contribution in [0, 0.1) is 0 Å². The Morgan fingerprint density at radius 2 is 2.11 bits per heavy atom. The van der Waals surface area contributed by atoms with Gasteiger partial charge in [-0.05, 0) is 47.0 Å². The van der Waals surface area contributed by atoms with E-state index in [1.54, 1.807) is 4.90 Å². The van der Waals surface area contributed by atoms with Gasteiger partial charge in [-0.2, -0.15) is 0 Å². The number of benzene rings is 1. The van der Waals surface area contributed by atoms with Crippen LogP contribution in [0.25, 0.3) is 0 Å². The lowest BCUT2D eigenvalue weighted by Gasteiger charge is -2.31. The van der Waals surface area contributed by atoms with E-state index >= 15 is 0 Å². The number of nitrogens with one attached hydrogen (secondary N) is 1. The number of halogens is 2. The van der Waals surface area contributed by atoms with Crippen LogP contribution in [0.15, 0.2) is 22.7 Å². The zero-order valence-corrected chi connectivity index (χ0v) is 12.2. The van der Waals surface area contributed by atoms with Crippen LogP contribution in [-0.2, 0) is 0 Å². The molecule has 1 saturated heterocycles. The lowest BCUT2D eigenvalue weighted by molar-refractivity contribution is 0.193. The molecule has 1 heterocycles. The summed E-state index contributed by atoms with van der Waals surface area (Å²) in [6, 6.07) is 5.81. The third kappa shape index (κ3) is 3.29. The number of rotatable bonds is 2. The molecule has 0 atom stereocenters. The molecule has 0 aromatic heterocycles. The fourth-order valence-corrected chi connectivity index (χ4v) is 2.56. The highest BCUT2D eigenvalue weighted by Gasteiger charge is 2.20. The number of primary amides is 1. The third-order valence-corrected chi connectivity index (χ3v) is 4.31. The maximum absolute atomic E-state index is 11.0. The molecule has 1 aliphatic rings. The molecular weight excluding hydrogens is 318 g/mol. The summed E-state index contributed by atoms with van der Waals surface area (Å²) in [5.41, 5.74) is 6.28. The third-order valence-electron chi connectivity index (χ3n) is 3.10. The minimum absolute atomic E-state index is 0.331. The first-order valence-electron chi connectivity index (χ1n) is 5.82. The fraction of sp³-hybridized carbons (Fsp3) is 0.417. The topological polar surface area (TPSA) is 58.4 Å². The van der Waals surface area contributed by atoms with Crippen LogP contribution in [0.1, 0.15) is 12.8 Å². The van der Waals surface area contributed by atoms with Gasteiger partial charge >= 0.3 is 6.03 Å². The van der Waals surface area contributed by atoms with Crippen LogP contribution in [0.5, 0.6) is 0 Å². The predicted molar refractivity (Wildman–Crippen MR) is 77.0 cm³/mol. The lowest BCUT2D eigenvalue weighted by atomic mass is 10.1. The Labute approximate surface area is 120 Å². The quantitative estimate of drug-likeness (QED) is 0.874. The summed E-state index contributed by atoms with van der Waals surface area (Å²) in [6.07, 6.45) is 1.81. The van der Waals surface area contributed by atoms with Crippen LogP contribution in [0.2, 0.25) is 5.02 Å².